The van der Waals surface area contributed by atoms with Crippen molar-refractivity contribution in [2.24, 2.45) is 7.05 Å². The van der Waals surface area contributed by atoms with Crippen molar-refractivity contribution in [3.8, 4) is 0 Å². The minimum absolute atomic E-state index is 0.363. The van der Waals surface area contributed by atoms with Crippen LogP contribution in [-0.4, -0.2) is 15.8 Å². The monoisotopic (exact) mass is 266 g/mol. The van der Waals surface area contributed by atoms with Crippen LogP contribution in [0.1, 0.15) is 71.4 Å². The summed E-state index contributed by atoms with van der Waals surface area (Å²) in [5, 5.41) is 8.01. The molecule has 0 aliphatic heterocycles. The molecule has 0 fully saturated rings. The molecule has 3 N–H and O–H groups in total. The fraction of sp³-hybridized carbons (Fsp3) is 0.800. The van der Waals surface area contributed by atoms with Crippen molar-refractivity contribution in [3.63, 3.8) is 0 Å². The minimum Gasteiger partial charge on any atom is -0.394 e. The van der Waals surface area contributed by atoms with E-state index in [-0.39, 0.29) is 0 Å². The molecule has 110 valence electrons. The van der Waals surface area contributed by atoms with Gasteiger partial charge in [0.15, 0.2) is 0 Å². The summed E-state index contributed by atoms with van der Waals surface area (Å²) < 4.78 is 1.87. The summed E-state index contributed by atoms with van der Waals surface area (Å²) in [6.45, 7) is 8.70. The van der Waals surface area contributed by atoms with Crippen LogP contribution in [0.25, 0.3) is 0 Å². The number of unbranched alkanes of at least 4 members (excludes halogenated alkanes) is 3. The van der Waals surface area contributed by atoms with Gasteiger partial charge >= 0.3 is 0 Å². The van der Waals surface area contributed by atoms with Crippen molar-refractivity contribution in [1.82, 2.24) is 9.78 Å². The summed E-state index contributed by atoms with van der Waals surface area (Å²) in [5.41, 5.74) is 7.98. The van der Waals surface area contributed by atoms with Gasteiger partial charge in [-0.1, -0.05) is 46.5 Å². The highest BCUT2D eigenvalue weighted by molar-refractivity contribution is 5.66. The highest BCUT2D eigenvalue weighted by Crippen LogP contribution is 2.28. The van der Waals surface area contributed by atoms with Crippen LogP contribution in [0.4, 0.5) is 11.5 Å². The average Bonchev–Trinajstić information content (AvgIpc) is 2.63. The van der Waals surface area contributed by atoms with Gasteiger partial charge in [-0.2, -0.15) is 5.10 Å². The summed E-state index contributed by atoms with van der Waals surface area (Å²) in [4.78, 5) is 0. The summed E-state index contributed by atoms with van der Waals surface area (Å²) in [6, 6.07) is 0.439. The zero-order valence-corrected chi connectivity index (χ0v) is 13.2. The van der Waals surface area contributed by atoms with Crippen LogP contribution in [-0.2, 0) is 7.05 Å². The Morgan fingerprint density at radius 1 is 1.21 bits per heavy atom. The normalized spacial score (nSPS) is 12.9. The van der Waals surface area contributed by atoms with Crippen LogP contribution in [0.2, 0.25) is 0 Å². The topological polar surface area (TPSA) is 55.9 Å². The molecule has 1 aromatic rings. The number of anilines is 2. The largest absolute Gasteiger partial charge is 0.394 e. The van der Waals surface area contributed by atoms with Gasteiger partial charge < -0.3 is 11.1 Å². The molecule has 0 aromatic carbocycles. The molecule has 0 aliphatic rings. The Labute approximate surface area is 117 Å². The molecule has 1 atom stereocenters. The maximum Gasteiger partial charge on any atom is 0.147 e. The van der Waals surface area contributed by atoms with Crippen LogP contribution in [0.15, 0.2) is 0 Å². The van der Waals surface area contributed by atoms with E-state index in [0.29, 0.717) is 12.0 Å². The molecule has 0 amide bonds. The Kier molecular flexibility index (Phi) is 6.19. The summed E-state index contributed by atoms with van der Waals surface area (Å²) in [7, 11) is 1.95. The van der Waals surface area contributed by atoms with E-state index in [1.807, 2.05) is 11.7 Å². The van der Waals surface area contributed by atoms with E-state index in [2.05, 4.69) is 38.1 Å². The first-order chi connectivity index (χ1) is 8.97. The number of nitrogens with one attached hydrogen (secondary N) is 1. The van der Waals surface area contributed by atoms with Crippen molar-refractivity contribution < 1.29 is 0 Å². The number of nitrogens with two attached hydrogens (primary N) is 1. The number of hydrogen-bond donors (Lipinski definition) is 2. The zero-order valence-electron chi connectivity index (χ0n) is 13.2. The third kappa shape index (κ3) is 4.44. The van der Waals surface area contributed by atoms with E-state index in [4.69, 9.17) is 5.73 Å². The van der Waals surface area contributed by atoms with Gasteiger partial charge in [0.1, 0.15) is 5.82 Å². The lowest BCUT2D eigenvalue weighted by molar-refractivity contribution is 0.589. The lowest BCUT2D eigenvalue weighted by Crippen LogP contribution is -2.18. The third-order valence-corrected chi connectivity index (χ3v) is 3.53. The van der Waals surface area contributed by atoms with Gasteiger partial charge in [0, 0.05) is 13.1 Å². The Bertz CT molecular complexity index is 382. The average molecular weight is 266 g/mol. The Morgan fingerprint density at radius 2 is 1.89 bits per heavy atom. The molecular formula is C15H30N4. The first-order valence-electron chi connectivity index (χ1n) is 7.56. The summed E-state index contributed by atoms with van der Waals surface area (Å²) in [5.74, 6) is 1.33. The van der Waals surface area contributed by atoms with Crippen LogP contribution in [0, 0.1) is 0 Å². The Hall–Kier alpha value is -1.19. The standard InChI is InChI=1S/C15H30N4/c1-6-7-8-9-10-12(4)17-15-13(16)14(11(2)3)18-19(15)5/h11-12,17H,6-10,16H2,1-5H3. The summed E-state index contributed by atoms with van der Waals surface area (Å²) in [6.07, 6.45) is 6.39. The number of hydrogen-bond acceptors (Lipinski definition) is 3. The van der Waals surface area contributed by atoms with Gasteiger partial charge in [-0.25, -0.2) is 0 Å². The van der Waals surface area contributed by atoms with Crippen molar-refractivity contribution in [1.29, 1.82) is 0 Å². The van der Waals surface area contributed by atoms with Crippen LogP contribution in [0.3, 0.4) is 0 Å². The number of nitrogens with zero attached hydrogens (tertiary/aromatic N) is 2. The van der Waals surface area contributed by atoms with Crippen molar-refractivity contribution in [2.75, 3.05) is 11.1 Å². The van der Waals surface area contributed by atoms with E-state index in [1.54, 1.807) is 0 Å². The predicted octanol–water partition coefficient (Wildman–Crippen LogP) is 3.90. The van der Waals surface area contributed by atoms with Gasteiger partial charge in [-0.3, -0.25) is 4.68 Å². The number of aromatic nitrogens is 2. The molecule has 1 aromatic heterocycles. The second-order valence-corrected chi connectivity index (χ2v) is 5.82. The van der Waals surface area contributed by atoms with E-state index in [1.165, 1.54) is 32.1 Å². The molecule has 1 heterocycles. The van der Waals surface area contributed by atoms with E-state index >= 15 is 0 Å². The highest BCUT2D eigenvalue weighted by Gasteiger charge is 2.16. The molecule has 4 nitrogen and oxygen atoms in total. The lowest BCUT2D eigenvalue weighted by Gasteiger charge is -2.15. The molecule has 1 unspecified atom stereocenters. The van der Waals surface area contributed by atoms with E-state index in [9.17, 15) is 0 Å². The van der Waals surface area contributed by atoms with Gasteiger partial charge in [-0.15, -0.1) is 0 Å². The molecule has 0 spiro atoms. The van der Waals surface area contributed by atoms with Gasteiger partial charge in [0.05, 0.1) is 11.4 Å². The first kappa shape index (κ1) is 15.9. The number of rotatable bonds is 8. The second-order valence-electron chi connectivity index (χ2n) is 5.82. The van der Waals surface area contributed by atoms with Crippen LogP contribution in [0.5, 0.6) is 0 Å². The predicted molar refractivity (Wildman–Crippen MR) is 83.6 cm³/mol. The Morgan fingerprint density at radius 3 is 2.42 bits per heavy atom. The van der Waals surface area contributed by atoms with Gasteiger partial charge in [-0.05, 0) is 19.3 Å². The molecule has 0 bridgehead atoms. The molecule has 19 heavy (non-hydrogen) atoms. The molecule has 0 radical (unpaired) electrons. The molecule has 0 saturated heterocycles. The zero-order chi connectivity index (χ0) is 14.4. The quantitative estimate of drug-likeness (QED) is 0.702. The van der Waals surface area contributed by atoms with Crippen LogP contribution < -0.4 is 11.1 Å². The SMILES string of the molecule is CCCCCCC(C)Nc1c(N)c(C(C)C)nn1C. The first-order valence-corrected chi connectivity index (χ1v) is 7.56. The molecule has 0 aliphatic carbocycles. The number of nitrogen functional groups attached to an aromatic ring is 1. The van der Waals surface area contributed by atoms with Crippen molar-refractivity contribution in [3.05, 3.63) is 5.69 Å². The van der Waals surface area contributed by atoms with Crippen molar-refractivity contribution in [2.45, 2.75) is 71.8 Å². The smallest absolute Gasteiger partial charge is 0.147 e. The number of aryl methyl sites for hydroxylation is 1. The fourth-order valence-corrected chi connectivity index (χ4v) is 2.34. The van der Waals surface area contributed by atoms with Crippen molar-refractivity contribution >= 4 is 11.5 Å². The lowest BCUT2D eigenvalue weighted by atomic mass is 10.1. The van der Waals surface area contributed by atoms with Gasteiger partial charge in [0.25, 0.3) is 0 Å². The molecule has 4 heteroatoms. The highest BCUT2D eigenvalue weighted by atomic mass is 15.3. The van der Waals surface area contributed by atoms with E-state index < -0.39 is 0 Å². The van der Waals surface area contributed by atoms with E-state index in [0.717, 1.165) is 17.2 Å². The fourth-order valence-electron chi connectivity index (χ4n) is 2.34. The second kappa shape index (κ2) is 7.41. The molecule has 0 saturated carbocycles. The third-order valence-electron chi connectivity index (χ3n) is 3.53. The molecular weight excluding hydrogens is 236 g/mol. The minimum atomic E-state index is 0.363. The maximum atomic E-state index is 6.18. The van der Waals surface area contributed by atoms with Gasteiger partial charge in [0.2, 0.25) is 0 Å². The molecule has 1 rings (SSSR count). The summed E-state index contributed by atoms with van der Waals surface area (Å²) >= 11 is 0. The maximum absolute atomic E-state index is 6.18. The Balaban J connectivity index is 2.56. The van der Waals surface area contributed by atoms with Crippen LogP contribution >= 0.6 is 0 Å².